The first-order valence-corrected chi connectivity index (χ1v) is 10.5. The van der Waals surface area contributed by atoms with Crippen LogP contribution in [0.3, 0.4) is 0 Å². The number of carbonyl (C=O) groups is 1. The predicted molar refractivity (Wildman–Crippen MR) is 121 cm³/mol. The van der Waals surface area contributed by atoms with Crippen molar-refractivity contribution in [1.29, 1.82) is 0 Å². The second-order valence-electron chi connectivity index (χ2n) is 6.60. The Morgan fingerprint density at radius 3 is 2.61 bits per heavy atom. The van der Waals surface area contributed by atoms with E-state index in [1.54, 1.807) is 42.7 Å². The molecule has 9 heteroatoms. The van der Waals surface area contributed by atoms with Crippen molar-refractivity contribution in [3.63, 3.8) is 0 Å². The number of hydrogen-bond acceptors (Lipinski definition) is 7. The molecule has 31 heavy (non-hydrogen) atoms. The topological polar surface area (TPSA) is 85.8 Å². The minimum absolute atomic E-state index is 0.0284. The molecule has 2 aromatic carbocycles. The van der Waals surface area contributed by atoms with E-state index < -0.39 is 4.92 Å². The lowest BCUT2D eigenvalue weighted by Crippen LogP contribution is -2.27. The third-order valence-electron chi connectivity index (χ3n) is 4.51. The molecule has 0 N–H and O–H groups in total. The fourth-order valence-electron chi connectivity index (χ4n) is 2.94. The van der Waals surface area contributed by atoms with Crippen molar-refractivity contribution in [1.82, 2.24) is 4.90 Å². The number of amides is 1. The van der Waals surface area contributed by atoms with Crippen LogP contribution in [-0.4, -0.2) is 20.1 Å². The number of non-ortho nitro benzene ring substituents is 1. The number of benzene rings is 2. The molecule has 1 amide bonds. The van der Waals surface area contributed by atoms with Crippen molar-refractivity contribution in [2.75, 3.05) is 0 Å². The van der Waals surface area contributed by atoms with Crippen LogP contribution in [0.15, 0.2) is 76.2 Å². The molecule has 0 spiro atoms. The van der Waals surface area contributed by atoms with Crippen LogP contribution < -0.4 is 4.74 Å². The van der Waals surface area contributed by atoms with Crippen molar-refractivity contribution < 1.29 is 18.9 Å². The van der Waals surface area contributed by atoms with E-state index in [0.717, 1.165) is 11.1 Å². The summed E-state index contributed by atoms with van der Waals surface area (Å²) in [4.78, 5) is 25.2. The zero-order chi connectivity index (χ0) is 21.8. The monoisotopic (exact) mass is 452 g/mol. The maximum atomic E-state index is 12.8. The minimum Gasteiger partial charge on any atom is -0.488 e. The Morgan fingerprint density at radius 1 is 1.13 bits per heavy atom. The summed E-state index contributed by atoms with van der Waals surface area (Å²) in [6.45, 7) is 0.523. The van der Waals surface area contributed by atoms with Gasteiger partial charge >= 0.3 is 0 Å². The van der Waals surface area contributed by atoms with Gasteiger partial charge in [0, 0.05) is 17.7 Å². The molecule has 3 aromatic rings. The molecule has 156 valence electrons. The first kappa shape index (κ1) is 20.8. The fourth-order valence-corrected chi connectivity index (χ4v) is 4.19. The van der Waals surface area contributed by atoms with Crippen LogP contribution in [0.4, 0.5) is 5.69 Å². The normalized spacial score (nSPS) is 15.0. The molecule has 1 fully saturated rings. The van der Waals surface area contributed by atoms with Crippen LogP contribution in [-0.2, 0) is 17.9 Å². The van der Waals surface area contributed by atoms with Crippen molar-refractivity contribution >= 4 is 46.0 Å². The van der Waals surface area contributed by atoms with Gasteiger partial charge in [-0.05, 0) is 42.0 Å². The second kappa shape index (κ2) is 9.15. The highest BCUT2D eigenvalue weighted by molar-refractivity contribution is 8.26. The predicted octanol–water partition coefficient (Wildman–Crippen LogP) is 5.17. The van der Waals surface area contributed by atoms with Gasteiger partial charge in [0.2, 0.25) is 0 Å². The molecule has 2 heterocycles. The Kier molecular flexibility index (Phi) is 6.15. The number of rotatable bonds is 7. The van der Waals surface area contributed by atoms with Gasteiger partial charge in [-0.25, -0.2) is 0 Å². The fraction of sp³-hybridized carbons (Fsp3) is 0.0909. The number of carbonyl (C=O) groups excluding carboxylic acids is 1. The number of para-hydroxylation sites is 1. The van der Waals surface area contributed by atoms with Crippen LogP contribution >= 0.6 is 24.0 Å². The molecule has 1 saturated heterocycles. The molecular formula is C22H16N2O5S2. The highest BCUT2D eigenvalue weighted by Crippen LogP contribution is 2.35. The molecule has 0 aliphatic carbocycles. The van der Waals surface area contributed by atoms with E-state index in [1.807, 2.05) is 18.2 Å². The third kappa shape index (κ3) is 4.84. The highest BCUT2D eigenvalue weighted by atomic mass is 32.2. The number of nitro groups is 1. The largest absolute Gasteiger partial charge is 0.488 e. The Balaban J connectivity index is 1.49. The number of nitrogens with zero attached hydrogens (tertiary/aromatic N) is 2. The van der Waals surface area contributed by atoms with Crippen LogP contribution in [0.25, 0.3) is 6.08 Å². The van der Waals surface area contributed by atoms with Crippen LogP contribution in [0.5, 0.6) is 5.75 Å². The quantitative estimate of drug-likeness (QED) is 0.212. The number of thiocarbonyl (C=S) groups is 1. The van der Waals surface area contributed by atoms with Crippen molar-refractivity contribution in [3.8, 4) is 5.75 Å². The average Bonchev–Trinajstić information content (AvgIpc) is 3.37. The SMILES string of the molecule is O=C1/C(=C/c2ccccc2OCc2ccc([N+](=O)[O-])cc2)SC(=S)N1Cc1ccco1. The van der Waals surface area contributed by atoms with Gasteiger partial charge in [-0.15, -0.1) is 0 Å². The molecular weight excluding hydrogens is 436 g/mol. The van der Waals surface area contributed by atoms with Crippen LogP contribution in [0, 0.1) is 10.1 Å². The Morgan fingerprint density at radius 2 is 1.90 bits per heavy atom. The molecule has 1 aliphatic heterocycles. The van der Waals surface area contributed by atoms with Gasteiger partial charge in [0.05, 0.1) is 22.6 Å². The van der Waals surface area contributed by atoms with Gasteiger partial charge in [0.15, 0.2) is 0 Å². The first-order chi connectivity index (χ1) is 15.0. The zero-order valence-corrected chi connectivity index (χ0v) is 17.7. The lowest BCUT2D eigenvalue weighted by Gasteiger charge is -2.12. The van der Waals surface area contributed by atoms with E-state index in [1.165, 1.54) is 28.8 Å². The second-order valence-corrected chi connectivity index (χ2v) is 8.27. The maximum absolute atomic E-state index is 12.8. The molecule has 0 saturated carbocycles. The van der Waals surface area contributed by atoms with E-state index in [4.69, 9.17) is 21.4 Å². The Labute approximate surface area is 187 Å². The molecule has 0 atom stereocenters. The van der Waals surface area contributed by atoms with Gasteiger partial charge in [-0.2, -0.15) is 0 Å². The van der Waals surface area contributed by atoms with E-state index in [-0.39, 0.29) is 24.7 Å². The standard InChI is InChI=1S/C22H16N2O5S2/c25-21-20(31-22(30)23(21)13-18-5-3-11-28-18)12-16-4-1-2-6-19(16)29-14-15-7-9-17(10-8-15)24(26)27/h1-12H,13-14H2/b20-12-. The van der Waals surface area contributed by atoms with Crippen LogP contribution in [0.1, 0.15) is 16.9 Å². The first-order valence-electron chi connectivity index (χ1n) is 9.24. The number of furan rings is 1. The number of ether oxygens (including phenoxy) is 1. The highest BCUT2D eigenvalue weighted by Gasteiger charge is 2.32. The lowest BCUT2D eigenvalue weighted by molar-refractivity contribution is -0.384. The average molecular weight is 453 g/mol. The van der Waals surface area contributed by atoms with Gasteiger partial charge in [-0.1, -0.05) is 42.2 Å². The molecule has 1 aromatic heterocycles. The van der Waals surface area contributed by atoms with E-state index in [0.29, 0.717) is 20.7 Å². The Hall–Kier alpha value is -3.43. The van der Waals surface area contributed by atoms with Crippen molar-refractivity contribution in [2.45, 2.75) is 13.2 Å². The van der Waals surface area contributed by atoms with E-state index >= 15 is 0 Å². The zero-order valence-electron chi connectivity index (χ0n) is 16.1. The summed E-state index contributed by atoms with van der Waals surface area (Å²) in [6.07, 6.45) is 3.31. The summed E-state index contributed by atoms with van der Waals surface area (Å²) in [6, 6.07) is 17.1. The molecule has 0 bridgehead atoms. The van der Waals surface area contributed by atoms with Crippen molar-refractivity contribution in [3.05, 3.63) is 98.8 Å². The maximum Gasteiger partial charge on any atom is 0.269 e. The Bertz CT molecular complexity index is 1160. The van der Waals surface area contributed by atoms with Gasteiger partial charge < -0.3 is 9.15 Å². The van der Waals surface area contributed by atoms with Crippen molar-refractivity contribution in [2.24, 2.45) is 0 Å². The van der Waals surface area contributed by atoms with E-state index in [9.17, 15) is 14.9 Å². The summed E-state index contributed by atoms with van der Waals surface area (Å²) in [5, 5.41) is 10.8. The number of hydrogen-bond donors (Lipinski definition) is 0. The lowest BCUT2D eigenvalue weighted by atomic mass is 10.1. The third-order valence-corrected chi connectivity index (χ3v) is 5.89. The van der Waals surface area contributed by atoms with Gasteiger partial charge in [0.25, 0.3) is 11.6 Å². The summed E-state index contributed by atoms with van der Waals surface area (Å²) in [5.74, 6) is 1.07. The minimum atomic E-state index is -0.442. The number of nitro benzene ring substituents is 1. The van der Waals surface area contributed by atoms with E-state index in [2.05, 4.69) is 0 Å². The smallest absolute Gasteiger partial charge is 0.269 e. The van der Waals surface area contributed by atoms with Crippen LogP contribution in [0.2, 0.25) is 0 Å². The summed E-state index contributed by atoms with van der Waals surface area (Å²) >= 11 is 6.60. The molecule has 7 nitrogen and oxygen atoms in total. The summed E-state index contributed by atoms with van der Waals surface area (Å²) in [7, 11) is 0. The molecule has 1 aliphatic rings. The number of thioether (sulfide) groups is 1. The van der Waals surface area contributed by atoms with Gasteiger partial charge in [-0.3, -0.25) is 19.8 Å². The summed E-state index contributed by atoms with van der Waals surface area (Å²) in [5.41, 5.74) is 1.56. The molecule has 0 unspecified atom stereocenters. The van der Waals surface area contributed by atoms with Gasteiger partial charge in [0.1, 0.15) is 22.4 Å². The molecule has 0 radical (unpaired) electrons. The summed E-state index contributed by atoms with van der Waals surface area (Å²) < 4.78 is 11.7. The molecule has 4 rings (SSSR count).